The molecule has 37 heavy (non-hydrogen) atoms. The molecule has 1 N–H and O–H groups in total. The molecule has 0 heterocycles. The zero-order chi connectivity index (χ0) is 26.5. The second-order valence-electron chi connectivity index (χ2n) is 10.9. The Kier molecular flexibility index (Phi) is 12.8. The highest BCUT2D eigenvalue weighted by Gasteiger charge is 2.33. The van der Waals surface area contributed by atoms with Gasteiger partial charge in [0.2, 0.25) is 11.8 Å². The summed E-state index contributed by atoms with van der Waals surface area (Å²) in [4.78, 5) is 28.6. The van der Waals surface area contributed by atoms with Crippen molar-refractivity contribution < 1.29 is 14.3 Å². The smallest absolute Gasteiger partial charge is 0.247 e. The van der Waals surface area contributed by atoms with Crippen molar-refractivity contribution in [2.24, 2.45) is 5.92 Å². The van der Waals surface area contributed by atoms with Gasteiger partial charge in [-0.05, 0) is 87.8 Å². The van der Waals surface area contributed by atoms with Gasteiger partial charge in [-0.25, -0.2) is 0 Å². The number of hydrogen-bond donors (Lipinski definition) is 1. The first kappa shape index (κ1) is 29.5. The van der Waals surface area contributed by atoms with Crippen LogP contribution in [0.4, 0.5) is 0 Å². The van der Waals surface area contributed by atoms with Crippen LogP contribution in [-0.2, 0) is 9.59 Å². The normalized spacial score (nSPS) is 20.6. The van der Waals surface area contributed by atoms with Crippen molar-refractivity contribution in [1.29, 1.82) is 0 Å². The highest BCUT2D eigenvalue weighted by atomic mass is 35.5. The summed E-state index contributed by atoms with van der Waals surface area (Å²) < 4.78 is 5.93. The topological polar surface area (TPSA) is 58.6 Å². The van der Waals surface area contributed by atoms with Crippen LogP contribution >= 0.6 is 11.6 Å². The molecule has 0 radical (unpaired) electrons. The third kappa shape index (κ3) is 9.67. The van der Waals surface area contributed by atoms with Crippen molar-refractivity contribution in [2.75, 3.05) is 19.0 Å². The molecule has 1 aromatic carbocycles. The van der Waals surface area contributed by atoms with E-state index in [9.17, 15) is 9.59 Å². The van der Waals surface area contributed by atoms with Crippen LogP contribution in [0.5, 0.6) is 5.75 Å². The van der Waals surface area contributed by atoms with Crippen LogP contribution in [0.3, 0.4) is 0 Å². The molecule has 1 unspecified atom stereocenters. The third-order valence-electron chi connectivity index (χ3n) is 7.88. The highest BCUT2D eigenvalue weighted by molar-refractivity contribution is 6.27. The molecule has 2 aliphatic carbocycles. The molecule has 2 amide bonds. The number of carbonyl (C=O) groups is 2. The second kappa shape index (κ2) is 16.1. The van der Waals surface area contributed by atoms with Crippen LogP contribution in [0.1, 0.15) is 109 Å². The number of halogens is 1. The van der Waals surface area contributed by atoms with Gasteiger partial charge < -0.3 is 15.0 Å². The van der Waals surface area contributed by atoms with E-state index >= 15 is 0 Å². The Labute approximate surface area is 229 Å². The maximum Gasteiger partial charge on any atom is 0.247 e. The van der Waals surface area contributed by atoms with Gasteiger partial charge in [0, 0.05) is 12.6 Å². The molecule has 6 heteroatoms. The quantitative estimate of drug-likeness (QED) is 0.155. The molecule has 0 spiro atoms. The minimum absolute atomic E-state index is 0.108. The van der Waals surface area contributed by atoms with Gasteiger partial charge in [0.05, 0.1) is 6.61 Å². The zero-order valence-electron chi connectivity index (χ0n) is 23.0. The molecule has 3 rings (SSSR count). The van der Waals surface area contributed by atoms with Gasteiger partial charge in [0.15, 0.2) is 0 Å². The Morgan fingerprint density at radius 2 is 1.84 bits per heavy atom. The summed E-state index contributed by atoms with van der Waals surface area (Å²) in [6.45, 7) is 5.66. The summed E-state index contributed by atoms with van der Waals surface area (Å²) in [6.07, 6.45) is 16.5. The van der Waals surface area contributed by atoms with Crippen LogP contribution in [-0.4, -0.2) is 41.8 Å². The minimum Gasteiger partial charge on any atom is -0.494 e. The average molecular weight is 531 g/mol. The standard InChI is InChI=1S/C31H47ClN2O3/c1-3-4-5-9-22-37-28-18-14-26(15-19-28)30(31(36)33-27-16-12-24(2)13-17-27)34(29(35)23-32)21-20-25-10-7-6-8-11-25/h10,14-15,18-19,24,27,30H,3-9,11-13,16-17,20-23H2,1-2H3,(H,33,36). The van der Waals surface area contributed by atoms with Crippen molar-refractivity contribution in [3.8, 4) is 5.75 Å². The number of ether oxygens (including phenoxy) is 1. The second-order valence-corrected chi connectivity index (χ2v) is 11.2. The van der Waals surface area contributed by atoms with E-state index in [1.54, 1.807) is 4.90 Å². The molecule has 1 aromatic rings. The van der Waals surface area contributed by atoms with Crippen LogP contribution in [0, 0.1) is 5.92 Å². The molecule has 1 atom stereocenters. The van der Waals surface area contributed by atoms with Crippen molar-refractivity contribution in [1.82, 2.24) is 10.2 Å². The Hall–Kier alpha value is -2.01. The molecular formula is C31H47ClN2O3. The fourth-order valence-corrected chi connectivity index (χ4v) is 5.65. The summed E-state index contributed by atoms with van der Waals surface area (Å²) in [5, 5.41) is 3.28. The lowest BCUT2D eigenvalue weighted by molar-refractivity contribution is -0.139. The number of carbonyl (C=O) groups excluding carboxylic acids is 2. The number of nitrogens with one attached hydrogen (secondary N) is 1. The third-order valence-corrected chi connectivity index (χ3v) is 8.11. The predicted octanol–water partition coefficient (Wildman–Crippen LogP) is 7.34. The molecule has 0 aromatic heterocycles. The summed E-state index contributed by atoms with van der Waals surface area (Å²) in [5.74, 6) is 1.05. The van der Waals surface area contributed by atoms with Gasteiger partial charge in [-0.2, -0.15) is 0 Å². The number of unbranched alkanes of at least 4 members (excludes halogenated alkanes) is 3. The molecule has 0 aliphatic heterocycles. The van der Waals surface area contributed by atoms with E-state index in [4.69, 9.17) is 16.3 Å². The van der Waals surface area contributed by atoms with Crippen molar-refractivity contribution >= 4 is 23.4 Å². The molecule has 1 fully saturated rings. The Bertz CT molecular complexity index is 862. The fourth-order valence-electron chi connectivity index (χ4n) is 5.49. The fraction of sp³-hybridized carbons (Fsp3) is 0.677. The van der Waals surface area contributed by atoms with Gasteiger partial charge in [0.1, 0.15) is 17.7 Å². The van der Waals surface area contributed by atoms with E-state index in [2.05, 4.69) is 25.2 Å². The van der Waals surface area contributed by atoms with E-state index in [1.165, 1.54) is 37.7 Å². The van der Waals surface area contributed by atoms with Crippen LogP contribution in [0.2, 0.25) is 0 Å². The molecule has 206 valence electrons. The molecule has 0 saturated heterocycles. The Morgan fingerprint density at radius 1 is 1.08 bits per heavy atom. The van der Waals surface area contributed by atoms with Crippen molar-refractivity contribution in [3.63, 3.8) is 0 Å². The van der Waals surface area contributed by atoms with Gasteiger partial charge in [-0.3, -0.25) is 9.59 Å². The van der Waals surface area contributed by atoms with E-state index in [-0.39, 0.29) is 23.7 Å². The first-order valence-corrected chi connectivity index (χ1v) is 15.1. The number of hydrogen-bond acceptors (Lipinski definition) is 3. The predicted molar refractivity (Wildman–Crippen MR) is 152 cm³/mol. The van der Waals surface area contributed by atoms with Gasteiger partial charge in [0.25, 0.3) is 0 Å². The molecule has 2 aliphatic rings. The molecule has 0 bridgehead atoms. The maximum absolute atomic E-state index is 13.8. The lowest BCUT2D eigenvalue weighted by Gasteiger charge is -2.34. The van der Waals surface area contributed by atoms with E-state index < -0.39 is 6.04 Å². The largest absolute Gasteiger partial charge is 0.494 e. The highest BCUT2D eigenvalue weighted by Crippen LogP contribution is 2.29. The van der Waals surface area contributed by atoms with Gasteiger partial charge in [-0.1, -0.05) is 56.9 Å². The first-order chi connectivity index (χ1) is 18.0. The number of rotatable bonds is 14. The summed E-state index contributed by atoms with van der Waals surface area (Å²) in [6, 6.07) is 7.17. The Morgan fingerprint density at radius 3 is 2.49 bits per heavy atom. The number of amides is 2. The van der Waals surface area contributed by atoms with E-state index in [0.29, 0.717) is 19.1 Å². The summed E-state index contributed by atoms with van der Waals surface area (Å²) in [5.41, 5.74) is 2.18. The first-order valence-electron chi connectivity index (χ1n) is 14.6. The number of benzene rings is 1. The van der Waals surface area contributed by atoms with Gasteiger partial charge in [-0.15, -0.1) is 11.6 Å². The molecular weight excluding hydrogens is 484 g/mol. The number of alkyl halides is 1. The lowest BCUT2D eigenvalue weighted by Crippen LogP contribution is -2.48. The van der Waals surface area contributed by atoms with Crippen LogP contribution in [0.25, 0.3) is 0 Å². The minimum atomic E-state index is -0.701. The van der Waals surface area contributed by atoms with Gasteiger partial charge >= 0.3 is 0 Å². The van der Waals surface area contributed by atoms with Crippen molar-refractivity contribution in [2.45, 2.75) is 109 Å². The summed E-state index contributed by atoms with van der Waals surface area (Å²) >= 11 is 6.07. The van der Waals surface area contributed by atoms with Crippen LogP contribution < -0.4 is 10.1 Å². The maximum atomic E-state index is 13.8. The van der Waals surface area contributed by atoms with Crippen molar-refractivity contribution in [3.05, 3.63) is 41.5 Å². The lowest BCUT2D eigenvalue weighted by atomic mass is 9.87. The Balaban J connectivity index is 1.76. The summed E-state index contributed by atoms with van der Waals surface area (Å²) in [7, 11) is 0. The number of allylic oxidation sites excluding steroid dienone is 1. The van der Waals surface area contributed by atoms with E-state index in [1.807, 2.05) is 24.3 Å². The van der Waals surface area contributed by atoms with Crippen LogP contribution in [0.15, 0.2) is 35.9 Å². The average Bonchev–Trinajstić information content (AvgIpc) is 2.93. The monoisotopic (exact) mass is 530 g/mol. The molecule has 1 saturated carbocycles. The van der Waals surface area contributed by atoms with E-state index in [0.717, 1.165) is 62.7 Å². The number of nitrogens with zero attached hydrogens (tertiary/aromatic N) is 1. The molecule has 5 nitrogen and oxygen atoms in total. The SMILES string of the molecule is CCCCCCOc1ccc(C(C(=O)NC2CCC(C)CC2)N(CCC2=CCCCC2)C(=O)CCl)cc1. The zero-order valence-corrected chi connectivity index (χ0v) is 23.7.